The molecule has 6 heteroatoms. The van der Waals surface area contributed by atoms with E-state index in [1.807, 2.05) is 30.3 Å². The van der Waals surface area contributed by atoms with Crippen LogP contribution in [0.2, 0.25) is 0 Å². The first-order chi connectivity index (χ1) is 10.6. The third kappa shape index (κ3) is 2.73. The molecule has 0 spiro atoms. The van der Waals surface area contributed by atoms with Gasteiger partial charge in [-0.3, -0.25) is 4.31 Å². The van der Waals surface area contributed by atoms with E-state index in [4.69, 9.17) is 4.74 Å². The molecule has 0 N–H and O–H groups in total. The summed E-state index contributed by atoms with van der Waals surface area (Å²) >= 11 is 1.21. The summed E-state index contributed by atoms with van der Waals surface area (Å²) in [5.74, 6) is 0.420. The second-order valence-corrected chi connectivity index (χ2v) is 8.28. The van der Waals surface area contributed by atoms with Gasteiger partial charge in [-0.25, -0.2) is 8.42 Å². The minimum Gasteiger partial charge on any atom is -0.494 e. The lowest BCUT2D eigenvalue weighted by molar-refractivity contribution is 0.406. The van der Waals surface area contributed by atoms with Crippen molar-refractivity contribution in [3.63, 3.8) is 0 Å². The average molecular weight is 337 g/mol. The van der Waals surface area contributed by atoms with Crippen LogP contribution in [0.5, 0.6) is 5.75 Å². The second kappa shape index (κ2) is 6.30. The Kier molecular flexibility index (Phi) is 4.40. The van der Waals surface area contributed by atoms with Crippen LogP contribution < -0.4 is 9.04 Å². The zero-order valence-corrected chi connectivity index (χ0v) is 14.1. The molecule has 0 atom stereocenters. The average Bonchev–Trinajstić information content (AvgIpc) is 3.19. The van der Waals surface area contributed by atoms with Crippen LogP contribution in [0.1, 0.15) is 25.7 Å². The molecule has 1 saturated carbocycles. The van der Waals surface area contributed by atoms with Gasteiger partial charge < -0.3 is 4.74 Å². The predicted molar refractivity (Wildman–Crippen MR) is 89.2 cm³/mol. The van der Waals surface area contributed by atoms with E-state index >= 15 is 0 Å². The molecule has 0 amide bonds. The molecule has 2 aromatic rings. The number of ether oxygens (including phenoxy) is 1. The summed E-state index contributed by atoms with van der Waals surface area (Å²) in [7, 11) is -2.11. The Morgan fingerprint density at radius 2 is 1.82 bits per heavy atom. The fourth-order valence-electron chi connectivity index (χ4n) is 2.97. The summed E-state index contributed by atoms with van der Waals surface area (Å²) in [5, 5.41) is 1.75. The van der Waals surface area contributed by atoms with Gasteiger partial charge in [0.1, 0.15) is 5.75 Å². The highest BCUT2D eigenvalue weighted by atomic mass is 32.2. The van der Waals surface area contributed by atoms with Gasteiger partial charge in [0, 0.05) is 6.04 Å². The molecule has 3 rings (SSSR count). The summed E-state index contributed by atoms with van der Waals surface area (Å²) < 4.78 is 33.5. The molecular formula is C16H19NO3S2. The normalized spacial score (nSPS) is 15.9. The number of methoxy groups -OCH3 is 1. The number of thiophene rings is 1. The van der Waals surface area contributed by atoms with Crippen LogP contribution in [0, 0.1) is 0 Å². The van der Waals surface area contributed by atoms with Gasteiger partial charge in [-0.05, 0) is 36.4 Å². The van der Waals surface area contributed by atoms with Gasteiger partial charge in [-0.2, -0.15) is 0 Å². The minimum atomic E-state index is -3.61. The van der Waals surface area contributed by atoms with Gasteiger partial charge in [-0.15, -0.1) is 11.3 Å². The zero-order chi connectivity index (χ0) is 15.6. The van der Waals surface area contributed by atoms with Crippen LogP contribution in [0.3, 0.4) is 0 Å². The monoisotopic (exact) mass is 337 g/mol. The molecule has 1 heterocycles. The van der Waals surface area contributed by atoms with Gasteiger partial charge in [-0.1, -0.05) is 31.0 Å². The van der Waals surface area contributed by atoms with Crippen LogP contribution in [0.4, 0.5) is 5.69 Å². The molecule has 0 radical (unpaired) electrons. The smallest absolute Gasteiger partial charge is 0.277 e. The lowest BCUT2D eigenvalue weighted by Crippen LogP contribution is -2.38. The maximum atomic E-state index is 13.2. The van der Waals surface area contributed by atoms with Crippen molar-refractivity contribution in [3.05, 3.63) is 41.8 Å². The fraction of sp³-hybridized carbons (Fsp3) is 0.375. The van der Waals surface area contributed by atoms with Crippen LogP contribution in [0.25, 0.3) is 0 Å². The van der Waals surface area contributed by atoms with Crippen LogP contribution in [-0.4, -0.2) is 21.6 Å². The van der Waals surface area contributed by atoms with E-state index in [-0.39, 0.29) is 10.3 Å². The second-order valence-electron chi connectivity index (χ2n) is 5.35. The number of anilines is 1. The van der Waals surface area contributed by atoms with E-state index in [1.165, 1.54) is 18.4 Å². The van der Waals surface area contributed by atoms with E-state index < -0.39 is 10.0 Å². The van der Waals surface area contributed by atoms with Gasteiger partial charge >= 0.3 is 0 Å². The van der Waals surface area contributed by atoms with Gasteiger partial charge in [0.2, 0.25) is 0 Å². The van der Waals surface area contributed by atoms with Crippen molar-refractivity contribution >= 4 is 27.0 Å². The van der Waals surface area contributed by atoms with E-state index in [0.717, 1.165) is 31.4 Å². The Labute approximate surface area is 135 Å². The molecule has 22 heavy (non-hydrogen) atoms. The largest absolute Gasteiger partial charge is 0.494 e. The Balaban J connectivity index is 2.09. The number of benzene rings is 1. The molecule has 0 saturated heterocycles. The number of hydrogen-bond acceptors (Lipinski definition) is 4. The van der Waals surface area contributed by atoms with E-state index in [1.54, 1.807) is 15.8 Å². The predicted octanol–water partition coefficient (Wildman–Crippen LogP) is 3.89. The molecule has 1 aliphatic carbocycles. The van der Waals surface area contributed by atoms with Crippen LogP contribution >= 0.6 is 11.3 Å². The molecule has 1 fully saturated rings. The quantitative estimate of drug-likeness (QED) is 0.831. The number of hydrogen-bond donors (Lipinski definition) is 0. The maximum Gasteiger partial charge on any atom is 0.277 e. The molecule has 0 aliphatic heterocycles. The Bertz CT molecular complexity index is 719. The molecule has 4 nitrogen and oxygen atoms in total. The van der Waals surface area contributed by atoms with Crippen molar-refractivity contribution in [2.45, 2.75) is 35.9 Å². The third-order valence-electron chi connectivity index (χ3n) is 3.98. The first kappa shape index (κ1) is 15.4. The van der Waals surface area contributed by atoms with Crippen molar-refractivity contribution in [2.24, 2.45) is 0 Å². The summed E-state index contributed by atoms with van der Waals surface area (Å²) in [6.45, 7) is 0. The van der Waals surface area contributed by atoms with Crippen molar-refractivity contribution in [3.8, 4) is 5.75 Å². The number of nitrogens with zero attached hydrogens (tertiary/aromatic N) is 1. The topological polar surface area (TPSA) is 46.6 Å². The summed E-state index contributed by atoms with van der Waals surface area (Å²) in [6, 6.07) is 11.1. The first-order valence-corrected chi connectivity index (χ1v) is 9.67. The van der Waals surface area contributed by atoms with Gasteiger partial charge in [0.15, 0.2) is 4.21 Å². The molecule has 0 unspecified atom stereocenters. The SMILES string of the molecule is COc1ccsc1S(=O)(=O)N(c1ccccc1)C1CCCC1. The molecule has 1 aliphatic rings. The zero-order valence-electron chi connectivity index (χ0n) is 12.4. The van der Waals surface area contributed by atoms with Crippen molar-refractivity contribution in [1.82, 2.24) is 0 Å². The van der Waals surface area contributed by atoms with Crippen molar-refractivity contribution in [2.75, 3.05) is 11.4 Å². The highest BCUT2D eigenvalue weighted by molar-refractivity contribution is 7.94. The Hall–Kier alpha value is -1.53. The summed E-state index contributed by atoms with van der Waals surface area (Å²) in [4.78, 5) is 0. The molecule has 1 aromatic carbocycles. The van der Waals surface area contributed by atoms with Crippen LogP contribution in [0.15, 0.2) is 46.0 Å². The standard InChI is InChI=1S/C16H19NO3S2/c1-20-15-11-12-21-16(15)22(18,19)17(14-9-5-6-10-14)13-7-3-2-4-8-13/h2-4,7-8,11-12,14H,5-6,9-10H2,1H3. The molecular weight excluding hydrogens is 318 g/mol. The Morgan fingerprint density at radius 1 is 1.14 bits per heavy atom. The number of para-hydroxylation sites is 1. The maximum absolute atomic E-state index is 13.2. The van der Waals surface area contributed by atoms with Crippen molar-refractivity contribution < 1.29 is 13.2 Å². The lowest BCUT2D eigenvalue weighted by atomic mass is 10.2. The first-order valence-electron chi connectivity index (χ1n) is 7.35. The highest BCUT2D eigenvalue weighted by Gasteiger charge is 2.36. The summed E-state index contributed by atoms with van der Waals surface area (Å²) in [5.41, 5.74) is 0.727. The highest BCUT2D eigenvalue weighted by Crippen LogP contribution is 2.38. The van der Waals surface area contributed by atoms with Crippen LogP contribution in [-0.2, 0) is 10.0 Å². The van der Waals surface area contributed by atoms with Gasteiger partial charge in [0.05, 0.1) is 12.8 Å². The summed E-state index contributed by atoms with van der Waals surface area (Å²) in [6.07, 6.45) is 3.96. The molecule has 0 bridgehead atoms. The molecule has 1 aromatic heterocycles. The number of rotatable bonds is 5. The van der Waals surface area contributed by atoms with E-state index in [0.29, 0.717) is 5.75 Å². The van der Waals surface area contributed by atoms with E-state index in [2.05, 4.69) is 0 Å². The third-order valence-corrected chi connectivity index (χ3v) is 7.28. The number of sulfonamides is 1. The fourth-order valence-corrected chi connectivity index (χ4v) is 6.04. The van der Waals surface area contributed by atoms with E-state index in [9.17, 15) is 8.42 Å². The van der Waals surface area contributed by atoms with Gasteiger partial charge in [0.25, 0.3) is 10.0 Å². The minimum absolute atomic E-state index is 0.0270. The molecule has 118 valence electrons. The Morgan fingerprint density at radius 3 is 2.45 bits per heavy atom. The van der Waals surface area contributed by atoms with Crippen molar-refractivity contribution in [1.29, 1.82) is 0 Å². The lowest BCUT2D eigenvalue weighted by Gasteiger charge is -2.30.